The minimum absolute atomic E-state index is 0.179. The van der Waals surface area contributed by atoms with Gasteiger partial charge in [-0.25, -0.2) is 0 Å². The summed E-state index contributed by atoms with van der Waals surface area (Å²) in [5.41, 5.74) is 6.00. The van der Waals surface area contributed by atoms with Gasteiger partial charge < -0.3 is 5.73 Å². The first-order valence-corrected chi connectivity index (χ1v) is 7.70. The molecule has 1 atom stereocenters. The summed E-state index contributed by atoms with van der Waals surface area (Å²) >= 11 is 5.34. The molecule has 0 spiro atoms. The van der Waals surface area contributed by atoms with E-state index in [4.69, 9.17) is 5.73 Å². The Labute approximate surface area is 117 Å². The Kier molecular flexibility index (Phi) is 5.64. The van der Waals surface area contributed by atoms with Gasteiger partial charge >= 0.3 is 0 Å². The Bertz CT molecular complexity index is 349. The van der Waals surface area contributed by atoms with Crippen LogP contribution in [0.25, 0.3) is 0 Å². The van der Waals surface area contributed by atoms with Crippen molar-refractivity contribution in [3.63, 3.8) is 0 Å². The van der Waals surface area contributed by atoms with Crippen LogP contribution in [0.1, 0.15) is 38.6 Å². The fraction of sp³-hybridized carbons (Fsp3) is 0.692. The average molecular weight is 319 g/mol. The molecule has 2 N–H and O–H groups in total. The van der Waals surface area contributed by atoms with Gasteiger partial charge in [-0.2, -0.15) is 0 Å². The van der Waals surface area contributed by atoms with Gasteiger partial charge in [-0.05, 0) is 53.5 Å². The number of halogens is 1. The highest BCUT2D eigenvalue weighted by atomic mass is 79.9. The van der Waals surface area contributed by atoms with E-state index in [-0.39, 0.29) is 5.41 Å². The maximum Gasteiger partial charge on any atom is 0.0701 e. The summed E-state index contributed by atoms with van der Waals surface area (Å²) in [5.74, 6) is 0. The highest BCUT2D eigenvalue weighted by Crippen LogP contribution is 2.31. The highest BCUT2D eigenvalue weighted by Gasteiger charge is 2.23. The van der Waals surface area contributed by atoms with Crippen LogP contribution in [-0.4, -0.2) is 24.5 Å². The predicted molar refractivity (Wildman–Crippen MR) is 80.5 cm³/mol. The first-order chi connectivity index (χ1) is 7.89. The van der Waals surface area contributed by atoms with Crippen LogP contribution in [0.3, 0.4) is 0 Å². The van der Waals surface area contributed by atoms with Crippen molar-refractivity contribution in [3.8, 4) is 0 Å². The number of thiophene rings is 1. The first-order valence-electron chi connectivity index (χ1n) is 6.09. The quantitative estimate of drug-likeness (QED) is 0.862. The summed E-state index contributed by atoms with van der Waals surface area (Å²) in [6, 6.07) is 4.79. The summed E-state index contributed by atoms with van der Waals surface area (Å²) in [5, 5.41) is 0. The van der Waals surface area contributed by atoms with E-state index in [9.17, 15) is 0 Å². The molecule has 0 saturated carbocycles. The molecule has 98 valence electrons. The Hall–Kier alpha value is 0.1000. The van der Waals surface area contributed by atoms with Crippen molar-refractivity contribution in [1.82, 2.24) is 4.90 Å². The number of nitrogens with two attached hydrogens (primary N) is 1. The van der Waals surface area contributed by atoms with Gasteiger partial charge in [-0.1, -0.05) is 20.8 Å². The molecule has 0 aromatic carbocycles. The van der Waals surface area contributed by atoms with Crippen LogP contribution in [0.5, 0.6) is 0 Å². The van der Waals surface area contributed by atoms with Crippen LogP contribution in [0.15, 0.2) is 15.9 Å². The van der Waals surface area contributed by atoms with Crippen molar-refractivity contribution in [2.45, 2.75) is 33.7 Å². The Morgan fingerprint density at radius 2 is 2.12 bits per heavy atom. The molecule has 2 nitrogen and oxygen atoms in total. The van der Waals surface area contributed by atoms with Crippen LogP contribution in [0, 0.1) is 5.41 Å². The van der Waals surface area contributed by atoms with Crippen molar-refractivity contribution in [2.75, 3.05) is 19.6 Å². The molecule has 4 heteroatoms. The predicted octanol–water partition coefficient (Wildman–Crippen LogP) is 3.88. The molecule has 0 saturated heterocycles. The van der Waals surface area contributed by atoms with Crippen LogP contribution in [-0.2, 0) is 0 Å². The lowest BCUT2D eigenvalue weighted by Gasteiger charge is -2.34. The smallest absolute Gasteiger partial charge is 0.0701 e. The fourth-order valence-electron chi connectivity index (χ4n) is 1.87. The van der Waals surface area contributed by atoms with Crippen LogP contribution in [0.2, 0.25) is 0 Å². The zero-order valence-electron chi connectivity index (χ0n) is 11.2. The second-order valence-electron chi connectivity index (χ2n) is 5.25. The normalized spacial score (nSPS) is 14.3. The molecule has 1 aromatic rings. The Balaban J connectivity index is 2.74. The molecule has 0 bridgehead atoms. The third-order valence-electron chi connectivity index (χ3n) is 3.14. The number of hydrogen-bond acceptors (Lipinski definition) is 3. The molecule has 17 heavy (non-hydrogen) atoms. The second kappa shape index (κ2) is 6.32. The monoisotopic (exact) mass is 318 g/mol. The van der Waals surface area contributed by atoms with Crippen molar-refractivity contribution < 1.29 is 0 Å². The van der Waals surface area contributed by atoms with Gasteiger partial charge in [-0.3, -0.25) is 4.90 Å². The van der Waals surface area contributed by atoms with Gasteiger partial charge in [0.05, 0.1) is 3.79 Å². The minimum atomic E-state index is 0.179. The summed E-state index contributed by atoms with van der Waals surface area (Å²) in [6.07, 6.45) is 0. The summed E-state index contributed by atoms with van der Waals surface area (Å²) in [6.45, 7) is 11.8. The topological polar surface area (TPSA) is 29.3 Å². The van der Waals surface area contributed by atoms with E-state index in [1.807, 2.05) is 11.3 Å². The van der Waals surface area contributed by atoms with E-state index in [2.05, 4.69) is 60.7 Å². The third-order valence-corrected chi connectivity index (χ3v) is 4.94. The van der Waals surface area contributed by atoms with Gasteiger partial charge in [0, 0.05) is 17.5 Å². The van der Waals surface area contributed by atoms with E-state index in [1.165, 1.54) is 8.66 Å². The van der Waals surface area contributed by atoms with Crippen molar-refractivity contribution in [3.05, 3.63) is 20.8 Å². The van der Waals surface area contributed by atoms with E-state index < -0.39 is 0 Å². The largest absolute Gasteiger partial charge is 0.330 e. The highest BCUT2D eigenvalue weighted by molar-refractivity contribution is 9.11. The number of rotatable bonds is 6. The van der Waals surface area contributed by atoms with E-state index in [0.29, 0.717) is 6.04 Å². The van der Waals surface area contributed by atoms with Gasteiger partial charge in [0.15, 0.2) is 0 Å². The van der Waals surface area contributed by atoms with Gasteiger partial charge in [0.25, 0.3) is 0 Å². The summed E-state index contributed by atoms with van der Waals surface area (Å²) in [7, 11) is 0. The summed E-state index contributed by atoms with van der Waals surface area (Å²) < 4.78 is 1.20. The molecule has 0 aliphatic carbocycles. The number of hydrogen-bond donors (Lipinski definition) is 1. The van der Waals surface area contributed by atoms with E-state index in [0.717, 1.165) is 19.6 Å². The molecule has 0 fully saturated rings. The fourth-order valence-corrected chi connectivity index (χ4v) is 3.38. The van der Waals surface area contributed by atoms with Crippen molar-refractivity contribution >= 4 is 27.3 Å². The lowest BCUT2D eigenvalue weighted by molar-refractivity contribution is 0.149. The van der Waals surface area contributed by atoms with Gasteiger partial charge in [-0.15, -0.1) is 11.3 Å². The zero-order chi connectivity index (χ0) is 13.1. The number of nitrogens with zero attached hydrogens (tertiary/aromatic N) is 1. The van der Waals surface area contributed by atoms with Crippen molar-refractivity contribution in [2.24, 2.45) is 11.1 Å². The molecule has 1 aromatic heterocycles. The molecular weight excluding hydrogens is 296 g/mol. The molecule has 0 aliphatic heterocycles. The molecule has 0 amide bonds. The SMILES string of the molecule is CCN(CC(C)(C)CN)C(C)c1ccc(Br)s1. The molecule has 1 heterocycles. The molecule has 0 aliphatic rings. The molecule has 1 unspecified atom stereocenters. The molecule has 0 radical (unpaired) electrons. The average Bonchev–Trinajstić information content (AvgIpc) is 2.72. The standard InChI is InChI=1S/C13H23BrN2S/c1-5-16(9-13(3,4)8-15)10(2)11-6-7-12(14)17-11/h6-7,10H,5,8-9,15H2,1-4H3. The van der Waals surface area contributed by atoms with Crippen LogP contribution in [0.4, 0.5) is 0 Å². The third kappa shape index (κ3) is 4.36. The van der Waals surface area contributed by atoms with Crippen LogP contribution >= 0.6 is 27.3 Å². The van der Waals surface area contributed by atoms with Crippen LogP contribution < -0.4 is 5.73 Å². The van der Waals surface area contributed by atoms with E-state index in [1.54, 1.807) is 0 Å². The zero-order valence-corrected chi connectivity index (χ0v) is 13.6. The lowest BCUT2D eigenvalue weighted by atomic mass is 9.92. The Morgan fingerprint density at radius 3 is 2.53 bits per heavy atom. The molecular formula is C13H23BrN2S. The van der Waals surface area contributed by atoms with Gasteiger partial charge in [0.1, 0.15) is 0 Å². The minimum Gasteiger partial charge on any atom is -0.330 e. The molecule has 1 rings (SSSR count). The van der Waals surface area contributed by atoms with E-state index >= 15 is 0 Å². The maximum atomic E-state index is 5.82. The first kappa shape index (κ1) is 15.2. The Morgan fingerprint density at radius 1 is 1.47 bits per heavy atom. The lowest BCUT2D eigenvalue weighted by Crippen LogP contribution is -2.39. The van der Waals surface area contributed by atoms with Crippen molar-refractivity contribution in [1.29, 1.82) is 0 Å². The second-order valence-corrected chi connectivity index (χ2v) is 7.74. The maximum absolute atomic E-state index is 5.82. The van der Waals surface area contributed by atoms with Gasteiger partial charge in [0.2, 0.25) is 0 Å². The summed E-state index contributed by atoms with van der Waals surface area (Å²) in [4.78, 5) is 3.90.